The van der Waals surface area contributed by atoms with Crippen molar-refractivity contribution in [1.29, 1.82) is 0 Å². The number of hydrogen-bond acceptors (Lipinski definition) is 3. The summed E-state index contributed by atoms with van der Waals surface area (Å²) in [5.41, 5.74) is 0.147. The lowest BCUT2D eigenvalue weighted by Crippen LogP contribution is -2.36. The third-order valence-electron chi connectivity index (χ3n) is 3.57. The van der Waals surface area contributed by atoms with Crippen LogP contribution in [0.4, 0.5) is 0 Å². The Kier molecular flexibility index (Phi) is 4.99. The molecule has 0 aromatic heterocycles. The minimum Gasteiger partial charge on any atom is -0.301 e. The molecule has 2 atom stereocenters. The Morgan fingerprint density at radius 3 is 1.81 bits per heavy atom. The topological polar surface area (TPSA) is 46.5 Å². The number of carbonyl (C=O) groups is 1. The second-order valence-corrected chi connectivity index (χ2v) is 6.79. The zero-order chi connectivity index (χ0) is 13.1. The first kappa shape index (κ1) is 15.4. The molecule has 0 aliphatic heterocycles. The highest BCUT2D eigenvalue weighted by Gasteiger charge is 2.37. The molecule has 0 bridgehead atoms. The van der Waals surface area contributed by atoms with Crippen molar-refractivity contribution in [2.75, 3.05) is 0 Å². The quantitative estimate of drug-likeness (QED) is 0.593. The van der Waals surface area contributed by atoms with Gasteiger partial charge in [0.25, 0.3) is 0 Å². The van der Waals surface area contributed by atoms with E-state index in [1.54, 1.807) is 0 Å². The van der Waals surface area contributed by atoms with Crippen molar-refractivity contribution in [2.24, 2.45) is 22.7 Å². The molecule has 0 rings (SSSR count). The molecule has 1 N–H and O–H groups in total. The van der Waals surface area contributed by atoms with Gasteiger partial charge in [-0.3, -0.25) is 0 Å². The van der Waals surface area contributed by atoms with Crippen molar-refractivity contribution in [3.63, 3.8) is 0 Å². The van der Waals surface area contributed by atoms with Crippen LogP contribution in [0.25, 0.3) is 0 Å². The van der Waals surface area contributed by atoms with Crippen molar-refractivity contribution in [1.82, 2.24) is 0 Å². The highest BCUT2D eigenvalue weighted by molar-refractivity contribution is 5.69. The molecule has 3 heteroatoms. The van der Waals surface area contributed by atoms with Gasteiger partial charge in [0.15, 0.2) is 0 Å². The summed E-state index contributed by atoms with van der Waals surface area (Å²) in [6.07, 6.45) is 0.262. The van der Waals surface area contributed by atoms with Gasteiger partial charge < -0.3 is 4.89 Å². The summed E-state index contributed by atoms with van der Waals surface area (Å²) in [7, 11) is 0. The average molecular weight is 230 g/mol. The molecule has 16 heavy (non-hydrogen) atoms. The van der Waals surface area contributed by atoms with Crippen LogP contribution < -0.4 is 0 Å². The van der Waals surface area contributed by atoms with E-state index in [9.17, 15) is 4.79 Å². The summed E-state index contributed by atoms with van der Waals surface area (Å²) >= 11 is 0. The zero-order valence-corrected chi connectivity index (χ0v) is 11.6. The SMILES string of the molecule is CC(C(CC(=O)OO)C(C)(C)C)C(C)(C)C. The molecule has 2 unspecified atom stereocenters. The molecule has 0 saturated carbocycles. The molecule has 0 aliphatic rings. The summed E-state index contributed by atoms with van der Waals surface area (Å²) in [4.78, 5) is 15.0. The smallest absolute Gasteiger partial charge is 0.301 e. The third kappa shape index (κ3) is 4.52. The predicted molar refractivity (Wildman–Crippen MR) is 64.9 cm³/mol. The Morgan fingerprint density at radius 2 is 1.56 bits per heavy atom. The fourth-order valence-electron chi connectivity index (χ4n) is 2.05. The van der Waals surface area contributed by atoms with Crippen LogP contribution in [0.5, 0.6) is 0 Å². The van der Waals surface area contributed by atoms with E-state index in [2.05, 4.69) is 53.4 Å². The van der Waals surface area contributed by atoms with Crippen LogP contribution in [0.2, 0.25) is 0 Å². The van der Waals surface area contributed by atoms with E-state index < -0.39 is 5.97 Å². The molecule has 0 saturated heterocycles. The fraction of sp³-hybridized carbons (Fsp3) is 0.923. The molecule has 0 aromatic rings. The van der Waals surface area contributed by atoms with Gasteiger partial charge in [0.2, 0.25) is 0 Å². The summed E-state index contributed by atoms with van der Waals surface area (Å²) < 4.78 is 0. The van der Waals surface area contributed by atoms with Gasteiger partial charge in [-0.2, -0.15) is 5.26 Å². The second kappa shape index (κ2) is 5.17. The molecule has 96 valence electrons. The van der Waals surface area contributed by atoms with Crippen LogP contribution in [0.3, 0.4) is 0 Å². The first-order chi connectivity index (χ1) is 7.00. The largest absolute Gasteiger partial charge is 0.342 e. The average Bonchev–Trinajstić information content (AvgIpc) is 2.09. The standard InChI is InChI=1S/C13H26O3/c1-9(12(2,3)4)10(13(5,6)7)8-11(14)16-15/h9-10,15H,8H2,1-7H3. The first-order valence-electron chi connectivity index (χ1n) is 5.84. The zero-order valence-electron chi connectivity index (χ0n) is 11.6. The maximum Gasteiger partial charge on any atom is 0.342 e. The summed E-state index contributed by atoms with van der Waals surface area (Å²) in [5, 5.41) is 8.38. The lowest BCUT2D eigenvalue weighted by Gasteiger charge is -2.41. The Labute approximate surface area is 99.1 Å². The van der Waals surface area contributed by atoms with E-state index in [0.717, 1.165) is 0 Å². The monoisotopic (exact) mass is 230 g/mol. The van der Waals surface area contributed by atoms with Crippen molar-refractivity contribution >= 4 is 5.97 Å². The molecule has 0 amide bonds. The van der Waals surface area contributed by atoms with Gasteiger partial charge in [-0.25, -0.2) is 4.79 Å². The molecule has 0 radical (unpaired) electrons. The predicted octanol–water partition coefficient (Wildman–Crippen LogP) is 3.74. The second-order valence-electron chi connectivity index (χ2n) is 6.79. The van der Waals surface area contributed by atoms with E-state index in [4.69, 9.17) is 5.26 Å². The maximum atomic E-state index is 11.2. The van der Waals surface area contributed by atoms with Crippen LogP contribution in [-0.2, 0) is 9.68 Å². The minimum atomic E-state index is -0.545. The molecule has 0 spiro atoms. The van der Waals surface area contributed by atoms with Gasteiger partial charge >= 0.3 is 5.97 Å². The van der Waals surface area contributed by atoms with Crippen LogP contribution in [0.1, 0.15) is 54.9 Å². The molecular formula is C13H26O3. The van der Waals surface area contributed by atoms with Crippen molar-refractivity contribution in [3.8, 4) is 0 Å². The van der Waals surface area contributed by atoms with Gasteiger partial charge in [-0.15, -0.1) is 0 Å². The van der Waals surface area contributed by atoms with E-state index in [-0.39, 0.29) is 23.2 Å². The molecule has 3 nitrogen and oxygen atoms in total. The highest BCUT2D eigenvalue weighted by atomic mass is 17.1. The van der Waals surface area contributed by atoms with Gasteiger partial charge in [0, 0.05) is 0 Å². The van der Waals surface area contributed by atoms with Crippen molar-refractivity contribution in [3.05, 3.63) is 0 Å². The molecule has 0 aliphatic carbocycles. The van der Waals surface area contributed by atoms with Crippen LogP contribution in [0, 0.1) is 22.7 Å². The van der Waals surface area contributed by atoms with E-state index in [0.29, 0.717) is 5.92 Å². The van der Waals surface area contributed by atoms with E-state index >= 15 is 0 Å². The lowest BCUT2D eigenvalue weighted by atomic mass is 9.64. The van der Waals surface area contributed by atoms with E-state index in [1.165, 1.54) is 0 Å². The Morgan fingerprint density at radius 1 is 1.12 bits per heavy atom. The molecular weight excluding hydrogens is 204 g/mol. The lowest BCUT2D eigenvalue weighted by molar-refractivity contribution is -0.236. The van der Waals surface area contributed by atoms with Crippen LogP contribution in [-0.4, -0.2) is 11.2 Å². The number of hydrogen-bond donors (Lipinski definition) is 1. The summed E-state index contributed by atoms with van der Waals surface area (Å²) in [6, 6.07) is 0. The Bertz CT molecular complexity index is 233. The normalized spacial score (nSPS) is 16.8. The van der Waals surface area contributed by atoms with Gasteiger partial charge in [0.1, 0.15) is 0 Å². The van der Waals surface area contributed by atoms with Gasteiger partial charge in [-0.1, -0.05) is 48.5 Å². The molecule has 0 fully saturated rings. The number of carbonyl (C=O) groups excluding carboxylic acids is 1. The van der Waals surface area contributed by atoms with E-state index in [1.807, 2.05) is 0 Å². The molecule has 0 aromatic carbocycles. The van der Waals surface area contributed by atoms with Crippen molar-refractivity contribution in [2.45, 2.75) is 54.9 Å². The van der Waals surface area contributed by atoms with Gasteiger partial charge in [-0.05, 0) is 22.7 Å². The van der Waals surface area contributed by atoms with Gasteiger partial charge in [0.05, 0.1) is 6.42 Å². The highest BCUT2D eigenvalue weighted by Crippen LogP contribution is 2.42. The minimum absolute atomic E-state index is 0.0148. The maximum absolute atomic E-state index is 11.2. The fourth-order valence-corrected chi connectivity index (χ4v) is 2.05. The van der Waals surface area contributed by atoms with Crippen molar-refractivity contribution < 1.29 is 14.9 Å². The summed E-state index contributed by atoms with van der Waals surface area (Å²) in [6.45, 7) is 15.0. The Hall–Kier alpha value is -0.570. The first-order valence-corrected chi connectivity index (χ1v) is 5.84. The third-order valence-corrected chi connectivity index (χ3v) is 3.57. The number of rotatable bonds is 3. The Balaban J connectivity index is 4.89. The summed E-state index contributed by atoms with van der Waals surface area (Å²) in [5.74, 6) is 0.00905. The van der Waals surface area contributed by atoms with Crippen LogP contribution >= 0.6 is 0 Å². The van der Waals surface area contributed by atoms with Crippen LogP contribution in [0.15, 0.2) is 0 Å². The molecule has 0 heterocycles.